The standard InChI is InChI=1S/C15H25N7O2/c1-6(2)10-4-7-11(5-17-10)24-15-8(12(7)23)3-9(13(16)18-15)14-19-21-22-20-14/h6-11,13,15,17-18H,3-5,16H2,1-2H3,(H,19,20,21,22). The van der Waals surface area contributed by atoms with Crippen LogP contribution in [-0.4, -0.2) is 57.5 Å². The lowest BCUT2D eigenvalue weighted by Gasteiger charge is -2.49. The van der Waals surface area contributed by atoms with Gasteiger partial charge in [-0.25, -0.2) is 0 Å². The fourth-order valence-corrected chi connectivity index (χ4v) is 4.29. The molecule has 0 spiro atoms. The van der Waals surface area contributed by atoms with Gasteiger partial charge in [-0.1, -0.05) is 19.1 Å². The number of aromatic nitrogens is 4. The number of carbonyl (C=O) groups excluding carboxylic acids is 1. The van der Waals surface area contributed by atoms with Crippen molar-refractivity contribution in [2.24, 2.45) is 23.5 Å². The Kier molecular flexibility index (Phi) is 4.11. The summed E-state index contributed by atoms with van der Waals surface area (Å²) in [6.45, 7) is 5.08. The number of tetrazole rings is 1. The number of nitrogens with one attached hydrogen (secondary N) is 3. The summed E-state index contributed by atoms with van der Waals surface area (Å²) < 4.78 is 6.19. The smallest absolute Gasteiger partial charge is 0.180 e. The molecule has 0 amide bonds. The zero-order valence-electron chi connectivity index (χ0n) is 14.0. The Labute approximate surface area is 140 Å². The van der Waals surface area contributed by atoms with E-state index in [9.17, 15) is 4.79 Å². The number of nitrogens with two attached hydrogens (primary N) is 1. The highest BCUT2D eigenvalue weighted by atomic mass is 16.5. The van der Waals surface area contributed by atoms with E-state index >= 15 is 0 Å². The van der Waals surface area contributed by atoms with Gasteiger partial charge in [-0.15, -0.1) is 10.2 Å². The second kappa shape index (κ2) is 6.14. The molecule has 3 fully saturated rings. The van der Waals surface area contributed by atoms with Crippen molar-refractivity contribution in [1.82, 2.24) is 31.3 Å². The first-order chi connectivity index (χ1) is 11.5. The number of hydrogen-bond acceptors (Lipinski definition) is 8. The molecule has 7 unspecified atom stereocenters. The van der Waals surface area contributed by atoms with Crippen LogP contribution in [0.4, 0.5) is 0 Å². The van der Waals surface area contributed by atoms with Crippen molar-refractivity contribution in [1.29, 1.82) is 0 Å². The summed E-state index contributed by atoms with van der Waals surface area (Å²) in [5.74, 6) is 0.950. The van der Waals surface area contributed by atoms with Gasteiger partial charge >= 0.3 is 0 Å². The average molecular weight is 335 g/mol. The van der Waals surface area contributed by atoms with E-state index in [-0.39, 0.29) is 42.0 Å². The molecule has 0 saturated carbocycles. The number of nitrogens with zero attached hydrogens (tertiary/aromatic N) is 3. The number of carbonyl (C=O) groups is 1. The normalized spacial score (nSPS) is 42.7. The molecule has 5 N–H and O–H groups in total. The Morgan fingerprint density at radius 1 is 1.25 bits per heavy atom. The Bertz CT molecular complexity index is 593. The van der Waals surface area contributed by atoms with Crippen molar-refractivity contribution in [2.75, 3.05) is 6.54 Å². The Morgan fingerprint density at radius 3 is 2.79 bits per heavy atom. The molecule has 0 aromatic carbocycles. The summed E-state index contributed by atoms with van der Waals surface area (Å²) in [6.07, 6.45) is 0.682. The maximum Gasteiger partial charge on any atom is 0.180 e. The minimum absolute atomic E-state index is 0.0399. The molecular formula is C15H25N7O2. The van der Waals surface area contributed by atoms with Crippen molar-refractivity contribution in [2.45, 2.75) is 57.1 Å². The lowest BCUT2D eigenvalue weighted by Crippen LogP contribution is -2.66. The number of Topliss-reactive ketones (excluding diaryl/α,β-unsaturated/α-hetero) is 1. The monoisotopic (exact) mass is 335 g/mol. The van der Waals surface area contributed by atoms with Gasteiger partial charge < -0.3 is 15.8 Å². The predicted octanol–water partition coefficient (Wildman–Crippen LogP) is -0.894. The van der Waals surface area contributed by atoms with Gasteiger partial charge in [0.25, 0.3) is 0 Å². The van der Waals surface area contributed by atoms with Crippen LogP contribution >= 0.6 is 0 Å². The predicted molar refractivity (Wildman–Crippen MR) is 84.5 cm³/mol. The topological polar surface area (TPSA) is 131 Å². The van der Waals surface area contributed by atoms with Crippen LogP contribution in [0.25, 0.3) is 0 Å². The molecule has 0 bridgehead atoms. The van der Waals surface area contributed by atoms with E-state index in [0.717, 1.165) is 6.42 Å². The van der Waals surface area contributed by atoms with Gasteiger partial charge in [0, 0.05) is 18.5 Å². The quantitative estimate of drug-likeness (QED) is 0.547. The molecule has 0 radical (unpaired) electrons. The molecule has 132 valence electrons. The molecule has 3 aliphatic heterocycles. The van der Waals surface area contributed by atoms with Crippen LogP contribution in [0, 0.1) is 17.8 Å². The Hall–Kier alpha value is -1.42. The minimum atomic E-state index is -0.354. The van der Waals surface area contributed by atoms with Crippen molar-refractivity contribution in [3.05, 3.63) is 5.82 Å². The largest absolute Gasteiger partial charge is 0.357 e. The van der Waals surface area contributed by atoms with Gasteiger partial charge in [-0.3, -0.25) is 10.1 Å². The lowest BCUT2D eigenvalue weighted by molar-refractivity contribution is -0.176. The lowest BCUT2D eigenvalue weighted by atomic mass is 9.72. The maximum atomic E-state index is 13.1. The Balaban J connectivity index is 1.53. The SMILES string of the molecule is CC(C)C1CC2C(=O)C3CC(c4nn[nH]n4)C(N)NC3OC2CN1. The van der Waals surface area contributed by atoms with Gasteiger partial charge in [-0.2, -0.15) is 5.21 Å². The highest BCUT2D eigenvalue weighted by Crippen LogP contribution is 2.39. The third kappa shape index (κ3) is 2.65. The summed E-state index contributed by atoms with van der Waals surface area (Å²) in [5.41, 5.74) is 6.21. The first-order valence-electron chi connectivity index (χ1n) is 8.72. The first-order valence-corrected chi connectivity index (χ1v) is 8.72. The van der Waals surface area contributed by atoms with Gasteiger partial charge in [0.1, 0.15) is 12.0 Å². The fraction of sp³-hybridized carbons (Fsp3) is 0.867. The van der Waals surface area contributed by atoms with Crippen LogP contribution in [-0.2, 0) is 9.53 Å². The second-order valence-electron chi connectivity index (χ2n) is 7.51. The van der Waals surface area contributed by atoms with Gasteiger partial charge in [-0.05, 0) is 18.8 Å². The number of ketones is 1. The number of rotatable bonds is 2. The van der Waals surface area contributed by atoms with Crippen LogP contribution in [0.2, 0.25) is 0 Å². The highest BCUT2D eigenvalue weighted by molar-refractivity contribution is 5.85. The molecule has 3 saturated heterocycles. The summed E-state index contributed by atoms with van der Waals surface area (Å²) >= 11 is 0. The number of aromatic amines is 1. The van der Waals surface area contributed by atoms with Crippen molar-refractivity contribution in [3.8, 4) is 0 Å². The number of H-pyrrole nitrogens is 1. The van der Waals surface area contributed by atoms with E-state index in [2.05, 4.69) is 45.1 Å². The van der Waals surface area contributed by atoms with Crippen LogP contribution in [0.3, 0.4) is 0 Å². The van der Waals surface area contributed by atoms with Gasteiger partial charge in [0.15, 0.2) is 5.82 Å². The van der Waals surface area contributed by atoms with Crippen molar-refractivity contribution >= 4 is 5.78 Å². The van der Waals surface area contributed by atoms with E-state index in [1.54, 1.807) is 0 Å². The molecule has 9 nitrogen and oxygen atoms in total. The van der Waals surface area contributed by atoms with E-state index in [1.807, 2.05) is 0 Å². The van der Waals surface area contributed by atoms with Crippen molar-refractivity contribution < 1.29 is 9.53 Å². The number of ether oxygens (including phenoxy) is 1. The summed E-state index contributed by atoms with van der Waals surface area (Å²) in [4.78, 5) is 13.1. The summed E-state index contributed by atoms with van der Waals surface area (Å²) in [6, 6.07) is 0.363. The number of piperidine rings is 2. The number of fused-ring (bicyclic) bond motifs is 2. The average Bonchev–Trinajstić information content (AvgIpc) is 3.08. The van der Waals surface area contributed by atoms with E-state index in [1.165, 1.54) is 0 Å². The third-order valence-electron chi connectivity index (χ3n) is 5.75. The minimum Gasteiger partial charge on any atom is -0.357 e. The van der Waals surface area contributed by atoms with Crippen LogP contribution in [0.1, 0.15) is 38.4 Å². The molecule has 1 aromatic rings. The summed E-state index contributed by atoms with van der Waals surface area (Å²) in [7, 11) is 0. The molecule has 9 heteroatoms. The maximum absolute atomic E-state index is 13.1. The highest BCUT2D eigenvalue weighted by Gasteiger charge is 2.51. The molecule has 3 aliphatic rings. The molecule has 0 aliphatic carbocycles. The van der Waals surface area contributed by atoms with Gasteiger partial charge in [0.05, 0.1) is 24.1 Å². The van der Waals surface area contributed by atoms with Crippen LogP contribution < -0.4 is 16.4 Å². The molecular weight excluding hydrogens is 310 g/mol. The van der Waals surface area contributed by atoms with Gasteiger partial charge in [0.2, 0.25) is 0 Å². The third-order valence-corrected chi connectivity index (χ3v) is 5.75. The first kappa shape index (κ1) is 16.1. The molecule has 24 heavy (non-hydrogen) atoms. The Morgan fingerprint density at radius 2 is 2.08 bits per heavy atom. The molecule has 7 atom stereocenters. The molecule has 1 aromatic heterocycles. The van der Waals surface area contributed by atoms with Crippen LogP contribution in [0.15, 0.2) is 0 Å². The van der Waals surface area contributed by atoms with Crippen LogP contribution in [0.5, 0.6) is 0 Å². The molecule has 4 heterocycles. The zero-order valence-corrected chi connectivity index (χ0v) is 14.0. The molecule has 4 rings (SSSR count). The fourth-order valence-electron chi connectivity index (χ4n) is 4.29. The van der Waals surface area contributed by atoms with E-state index < -0.39 is 0 Å². The van der Waals surface area contributed by atoms with E-state index in [4.69, 9.17) is 10.5 Å². The zero-order chi connectivity index (χ0) is 16.8. The van der Waals surface area contributed by atoms with Crippen molar-refractivity contribution in [3.63, 3.8) is 0 Å². The second-order valence-corrected chi connectivity index (χ2v) is 7.51. The van der Waals surface area contributed by atoms with E-state index in [0.29, 0.717) is 30.7 Å². The summed E-state index contributed by atoms with van der Waals surface area (Å²) in [5, 5.41) is 20.9. The number of hydrogen-bond donors (Lipinski definition) is 4.